The van der Waals surface area contributed by atoms with E-state index in [1.165, 1.54) is 12.1 Å². The highest BCUT2D eigenvalue weighted by Gasteiger charge is 2.11. The van der Waals surface area contributed by atoms with Gasteiger partial charge in [0.2, 0.25) is 0 Å². The molecule has 0 aromatic heterocycles. The minimum absolute atomic E-state index is 0. The molecule has 0 unspecified atom stereocenters. The molecule has 0 fully saturated rings. The van der Waals surface area contributed by atoms with Crippen LogP contribution in [0.5, 0.6) is 11.5 Å². The van der Waals surface area contributed by atoms with Crippen molar-refractivity contribution in [2.24, 2.45) is 0 Å². The van der Waals surface area contributed by atoms with Crippen molar-refractivity contribution in [2.45, 2.75) is 13.2 Å². The van der Waals surface area contributed by atoms with Crippen molar-refractivity contribution in [2.75, 3.05) is 0 Å². The summed E-state index contributed by atoms with van der Waals surface area (Å²) in [6, 6.07) is 24.1. The van der Waals surface area contributed by atoms with E-state index in [0.717, 1.165) is 11.1 Å². The van der Waals surface area contributed by atoms with E-state index in [2.05, 4.69) is 0 Å². The number of halogens is 1. The number of carbonyl (C=O) groups is 1. The van der Waals surface area contributed by atoms with E-state index in [9.17, 15) is 9.90 Å². The second-order valence-electron chi connectivity index (χ2n) is 5.52. The van der Waals surface area contributed by atoms with Crippen LogP contribution in [0.25, 0.3) is 0 Å². The lowest BCUT2D eigenvalue weighted by molar-refractivity contribution is 0.0696. The van der Waals surface area contributed by atoms with Gasteiger partial charge in [-0.15, -0.1) is 12.4 Å². The largest absolute Gasteiger partial charge is 0.485 e. The van der Waals surface area contributed by atoms with Crippen LogP contribution < -0.4 is 9.47 Å². The molecule has 0 heterocycles. The van der Waals surface area contributed by atoms with E-state index >= 15 is 0 Å². The first-order valence-electron chi connectivity index (χ1n) is 7.93. The van der Waals surface area contributed by atoms with Crippen molar-refractivity contribution < 1.29 is 19.4 Å². The highest BCUT2D eigenvalue weighted by Crippen LogP contribution is 2.30. The average molecular weight is 371 g/mol. The van der Waals surface area contributed by atoms with Crippen LogP contribution in [0.15, 0.2) is 78.9 Å². The highest BCUT2D eigenvalue weighted by molar-refractivity contribution is 5.88. The number of aromatic carboxylic acids is 1. The molecule has 0 bridgehead atoms. The lowest BCUT2D eigenvalue weighted by atomic mass is 10.2. The number of ether oxygens (including phenoxy) is 2. The summed E-state index contributed by atoms with van der Waals surface area (Å²) in [7, 11) is 0. The Balaban J connectivity index is 0.00000243. The van der Waals surface area contributed by atoms with Gasteiger partial charge in [-0.3, -0.25) is 0 Å². The number of hydrogen-bond acceptors (Lipinski definition) is 3. The quantitative estimate of drug-likeness (QED) is 0.638. The Hall–Kier alpha value is -2.98. The molecule has 0 radical (unpaired) electrons. The Morgan fingerprint density at radius 1 is 0.731 bits per heavy atom. The van der Waals surface area contributed by atoms with E-state index in [-0.39, 0.29) is 18.0 Å². The van der Waals surface area contributed by atoms with Crippen molar-refractivity contribution in [1.82, 2.24) is 0 Å². The first kappa shape index (κ1) is 19.3. The minimum atomic E-state index is -1.00. The molecule has 26 heavy (non-hydrogen) atoms. The Morgan fingerprint density at radius 2 is 1.23 bits per heavy atom. The zero-order chi connectivity index (χ0) is 17.5. The van der Waals surface area contributed by atoms with Gasteiger partial charge >= 0.3 is 5.97 Å². The summed E-state index contributed by atoms with van der Waals surface area (Å²) >= 11 is 0. The topological polar surface area (TPSA) is 55.8 Å². The summed E-state index contributed by atoms with van der Waals surface area (Å²) < 4.78 is 11.6. The van der Waals surface area contributed by atoms with Gasteiger partial charge in [-0.2, -0.15) is 0 Å². The molecule has 3 aromatic carbocycles. The number of carboxylic acid groups (broad SMARTS) is 1. The molecule has 0 aliphatic carbocycles. The van der Waals surface area contributed by atoms with E-state index in [1.807, 2.05) is 60.7 Å². The molecule has 134 valence electrons. The van der Waals surface area contributed by atoms with Crippen LogP contribution >= 0.6 is 12.4 Å². The van der Waals surface area contributed by atoms with Gasteiger partial charge in [0.05, 0.1) is 5.56 Å². The number of hydrogen-bond donors (Lipinski definition) is 1. The van der Waals surface area contributed by atoms with Gasteiger partial charge in [0, 0.05) is 0 Å². The van der Waals surface area contributed by atoms with Crippen LogP contribution in [0.4, 0.5) is 0 Å². The van der Waals surface area contributed by atoms with E-state index in [0.29, 0.717) is 24.7 Å². The SMILES string of the molecule is Cl.O=C(O)c1ccc(OCc2ccccc2)c(OCc2ccccc2)c1. The van der Waals surface area contributed by atoms with Crippen LogP contribution in [0.1, 0.15) is 21.5 Å². The number of benzene rings is 3. The third kappa shape index (κ3) is 5.26. The number of rotatable bonds is 7. The maximum absolute atomic E-state index is 11.2. The fourth-order valence-electron chi connectivity index (χ4n) is 2.34. The normalized spacial score (nSPS) is 9.85. The van der Waals surface area contributed by atoms with Crippen molar-refractivity contribution in [3.05, 3.63) is 95.6 Å². The van der Waals surface area contributed by atoms with E-state index < -0.39 is 5.97 Å². The van der Waals surface area contributed by atoms with Crippen molar-refractivity contribution >= 4 is 18.4 Å². The van der Waals surface area contributed by atoms with Crippen molar-refractivity contribution in [3.63, 3.8) is 0 Å². The summed E-state index contributed by atoms with van der Waals surface area (Å²) in [5.74, 6) is -0.0661. The van der Waals surface area contributed by atoms with Crippen LogP contribution in [-0.4, -0.2) is 11.1 Å². The molecule has 1 N–H and O–H groups in total. The van der Waals surface area contributed by atoms with Crippen molar-refractivity contribution in [3.8, 4) is 11.5 Å². The molecule has 0 amide bonds. The monoisotopic (exact) mass is 370 g/mol. The number of carboxylic acids is 1. The lowest BCUT2D eigenvalue weighted by Gasteiger charge is -2.14. The van der Waals surface area contributed by atoms with Gasteiger partial charge in [-0.1, -0.05) is 60.7 Å². The first-order chi connectivity index (χ1) is 12.2. The van der Waals surface area contributed by atoms with Gasteiger partial charge in [-0.05, 0) is 29.3 Å². The van der Waals surface area contributed by atoms with Gasteiger partial charge in [0.1, 0.15) is 13.2 Å². The summed E-state index contributed by atoms with van der Waals surface area (Å²) in [6.07, 6.45) is 0. The highest BCUT2D eigenvalue weighted by atomic mass is 35.5. The Bertz CT molecular complexity index is 835. The molecule has 3 aromatic rings. The predicted octanol–water partition coefficient (Wildman–Crippen LogP) is 4.96. The van der Waals surface area contributed by atoms with Gasteiger partial charge in [0.25, 0.3) is 0 Å². The molecule has 0 saturated heterocycles. The summed E-state index contributed by atoms with van der Waals surface area (Å²) in [6.45, 7) is 0.723. The van der Waals surface area contributed by atoms with Gasteiger partial charge in [-0.25, -0.2) is 4.79 Å². The molecule has 5 heteroatoms. The molecule has 3 rings (SSSR count). The molecule has 4 nitrogen and oxygen atoms in total. The average Bonchev–Trinajstić information content (AvgIpc) is 2.66. The van der Waals surface area contributed by atoms with E-state index in [1.54, 1.807) is 6.07 Å². The minimum Gasteiger partial charge on any atom is -0.485 e. The third-order valence-electron chi connectivity index (χ3n) is 3.66. The maximum atomic E-state index is 11.2. The zero-order valence-corrected chi connectivity index (χ0v) is 14.8. The van der Waals surface area contributed by atoms with E-state index in [4.69, 9.17) is 9.47 Å². The molecular weight excluding hydrogens is 352 g/mol. The zero-order valence-electron chi connectivity index (χ0n) is 14.0. The molecule has 0 saturated carbocycles. The lowest BCUT2D eigenvalue weighted by Crippen LogP contribution is -2.03. The van der Waals surface area contributed by atoms with Gasteiger partial charge in [0.15, 0.2) is 11.5 Å². The fourth-order valence-corrected chi connectivity index (χ4v) is 2.34. The maximum Gasteiger partial charge on any atom is 0.335 e. The smallest absolute Gasteiger partial charge is 0.335 e. The summed E-state index contributed by atoms with van der Waals surface area (Å²) in [5, 5.41) is 9.20. The summed E-state index contributed by atoms with van der Waals surface area (Å²) in [5.41, 5.74) is 2.19. The Labute approximate surface area is 158 Å². The third-order valence-corrected chi connectivity index (χ3v) is 3.66. The second-order valence-corrected chi connectivity index (χ2v) is 5.52. The fraction of sp³-hybridized carbons (Fsp3) is 0.0952. The van der Waals surface area contributed by atoms with Crippen LogP contribution in [0.3, 0.4) is 0 Å². The molecule has 0 aliphatic heterocycles. The predicted molar refractivity (Wildman–Crippen MR) is 102 cm³/mol. The molecule has 0 atom stereocenters. The summed E-state index contributed by atoms with van der Waals surface area (Å²) in [4.78, 5) is 11.2. The second kappa shape index (κ2) is 9.49. The van der Waals surface area contributed by atoms with Crippen LogP contribution in [0.2, 0.25) is 0 Å². The molecular formula is C21H19ClO4. The Morgan fingerprint density at radius 3 is 1.73 bits per heavy atom. The first-order valence-corrected chi connectivity index (χ1v) is 7.93. The van der Waals surface area contributed by atoms with Gasteiger partial charge < -0.3 is 14.6 Å². The standard InChI is InChI=1S/C21H18O4.ClH/c22-21(23)18-11-12-19(24-14-16-7-3-1-4-8-16)20(13-18)25-15-17-9-5-2-6-10-17;/h1-13H,14-15H2,(H,22,23);1H. The van der Waals surface area contributed by atoms with Crippen molar-refractivity contribution in [1.29, 1.82) is 0 Å². The Kier molecular flexibility index (Phi) is 7.06. The van der Waals surface area contributed by atoms with Crippen LogP contribution in [-0.2, 0) is 13.2 Å². The molecule has 0 spiro atoms. The van der Waals surface area contributed by atoms with Crippen LogP contribution in [0, 0.1) is 0 Å². The molecule has 0 aliphatic rings.